The van der Waals surface area contributed by atoms with Gasteiger partial charge in [0.2, 0.25) is 0 Å². The van der Waals surface area contributed by atoms with Gasteiger partial charge in [0.1, 0.15) is 11.5 Å². The summed E-state index contributed by atoms with van der Waals surface area (Å²) in [6, 6.07) is 3.95. The van der Waals surface area contributed by atoms with E-state index in [2.05, 4.69) is 26.0 Å². The fraction of sp³-hybridized carbons (Fsp3) is 0.654. The van der Waals surface area contributed by atoms with Crippen LogP contribution in [0.25, 0.3) is 0 Å². The zero-order chi connectivity index (χ0) is 22.6. The van der Waals surface area contributed by atoms with Gasteiger partial charge in [-0.15, -0.1) is 0 Å². The van der Waals surface area contributed by atoms with E-state index in [9.17, 15) is 4.79 Å². The van der Waals surface area contributed by atoms with E-state index >= 15 is 0 Å². The molecule has 3 aliphatic rings. The normalized spacial score (nSPS) is 23.4. The molecule has 2 aliphatic heterocycles. The van der Waals surface area contributed by atoms with E-state index < -0.39 is 0 Å². The van der Waals surface area contributed by atoms with Crippen LogP contribution >= 0.6 is 0 Å². The maximum atomic E-state index is 12.4. The van der Waals surface area contributed by atoms with Gasteiger partial charge in [-0.1, -0.05) is 18.0 Å². The monoisotopic (exact) mass is 452 g/mol. The highest BCUT2D eigenvalue weighted by Gasteiger charge is 2.27. The molecule has 0 N–H and O–H groups in total. The van der Waals surface area contributed by atoms with Gasteiger partial charge < -0.3 is 14.2 Å². The number of aromatic nitrogens is 2. The van der Waals surface area contributed by atoms with Crippen LogP contribution in [0.2, 0.25) is 0 Å². The molecule has 0 radical (unpaired) electrons. The number of nitrogens with zero attached hydrogens (tertiary/aromatic N) is 4. The van der Waals surface area contributed by atoms with Crippen LogP contribution in [0.3, 0.4) is 0 Å². The zero-order valence-corrected chi connectivity index (χ0v) is 19.8. The van der Waals surface area contributed by atoms with Crippen LogP contribution in [0.5, 0.6) is 5.75 Å². The molecule has 0 spiro atoms. The molecule has 33 heavy (non-hydrogen) atoms. The Morgan fingerprint density at radius 1 is 1.12 bits per heavy atom. The first kappa shape index (κ1) is 22.4. The fourth-order valence-corrected chi connectivity index (χ4v) is 5.68. The molecule has 1 saturated heterocycles. The van der Waals surface area contributed by atoms with Crippen molar-refractivity contribution in [3.8, 4) is 5.75 Å². The minimum atomic E-state index is 0.288. The van der Waals surface area contributed by atoms with Crippen LogP contribution in [0.15, 0.2) is 22.9 Å². The molecule has 4 heterocycles. The Morgan fingerprint density at radius 3 is 2.67 bits per heavy atom. The first-order valence-electron chi connectivity index (χ1n) is 12.7. The Kier molecular flexibility index (Phi) is 6.95. The van der Waals surface area contributed by atoms with Crippen LogP contribution in [-0.2, 0) is 17.6 Å². The van der Waals surface area contributed by atoms with E-state index in [4.69, 9.17) is 9.26 Å². The van der Waals surface area contributed by atoms with Crippen molar-refractivity contribution in [1.82, 2.24) is 15.0 Å². The minimum absolute atomic E-state index is 0.288. The summed E-state index contributed by atoms with van der Waals surface area (Å²) < 4.78 is 11.0. The van der Waals surface area contributed by atoms with Crippen molar-refractivity contribution in [2.24, 2.45) is 11.8 Å². The average molecular weight is 453 g/mol. The highest BCUT2D eigenvalue weighted by Crippen LogP contribution is 2.35. The van der Waals surface area contributed by atoms with Gasteiger partial charge in [0.25, 0.3) is 0 Å². The summed E-state index contributed by atoms with van der Waals surface area (Å²) in [6.45, 7) is 8.08. The maximum absolute atomic E-state index is 12.4. The topological polar surface area (TPSA) is 71.7 Å². The molecular formula is C26H36N4O3. The third kappa shape index (κ3) is 5.57. The Labute approximate surface area is 196 Å². The molecule has 1 aliphatic carbocycles. The molecule has 2 aromatic heterocycles. The van der Waals surface area contributed by atoms with E-state index in [1.807, 2.05) is 19.2 Å². The number of Topliss-reactive ketones (excluding diaryl/α,β-unsaturated/α-hetero) is 1. The van der Waals surface area contributed by atoms with Crippen molar-refractivity contribution in [3.05, 3.63) is 35.3 Å². The number of rotatable bonds is 8. The molecule has 2 aromatic rings. The zero-order valence-electron chi connectivity index (χ0n) is 19.8. The molecular weight excluding hydrogens is 416 g/mol. The van der Waals surface area contributed by atoms with Crippen molar-refractivity contribution in [1.29, 1.82) is 0 Å². The molecule has 0 aromatic carbocycles. The smallest absolute Gasteiger partial charge is 0.171 e. The second kappa shape index (κ2) is 10.2. The van der Waals surface area contributed by atoms with Gasteiger partial charge >= 0.3 is 0 Å². The average Bonchev–Trinajstić information content (AvgIpc) is 3.47. The number of ether oxygens (including phenoxy) is 1. The van der Waals surface area contributed by atoms with E-state index in [1.165, 1.54) is 44.2 Å². The van der Waals surface area contributed by atoms with Gasteiger partial charge in [-0.2, -0.15) is 0 Å². The van der Waals surface area contributed by atoms with E-state index in [0.29, 0.717) is 24.5 Å². The number of ketones is 1. The number of carbonyl (C=O) groups excluding carboxylic acids is 1. The van der Waals surface area contributed by atoms with Crippen LogP contribution < -0.4 is 9.64 Å². The number of fused-ring (bicyclic) bond motifs is 1. The van der Waals surface area contributed by atoms with E-state index in [1.54, 1.807) is 0 Å². The maximum Gasteiger partial charge on any atom is 0.171 e. The quantitative estimate of drug-likeness (QED) is 0.603. The lowest BCUT2D eigenvalue weighted by Gasteiger charge is -2.37. The number of carbonyl (C=O) groups is 1. The van der Waals surface area contributed by atoms with Crippen LogP contribution in [0.4, 0.5) is 5.82 Å². The summed E-state index contributed by atoms with van der Waals surface area (Å²) in [7, 11) is 0. The summed E-state index contributed by atoms with van der Waals surface area (Å²) >= 11 is 0. The van der Waals surface area contributed by atoms with Gasteiger partial charge in [-0.05, 0) is 50.6 Å². The minimum Gasteiger partial charge on any atom is -0.489 e. The fourth-order valence-electron chi connectivity index (χ4n) is 5.68. The Bertz CT molecular complexity index is 943. The number of hydrogen-bond acceptors (Lipinski definition) is 7. The van der Waals surface area contributed by atoms with Gasteiger partial charge in [-0.3, -0.25) is 9.69 Å². The summed E-state index contributed by atoms with van der Waals surface area (Å²) in [4.78, 5) is 22.0. The van der Waals surface area contributed by atoms with E-state index in [0.717, 1.165) is 62.4 Å². The molecule has 178 valence electrons. The lowest BCUT2D eigenvalue weighted by atomic mass is 9.78. The molecule has 0 bridgehead atoms. The third-order valence-corrected chi connectivity index (χ3v) is 7.64. The summed E-state index contributed by atoms with van der Waals surface area (Å²) in [5, 5.41) is 3.88. The largest absolute Gasteiger partial charge is 0.489 e. The van der Waals surface area contributed by atoms with Crippen LogP contribution in [-0.4, -0.2) is 60.2 Å². The van der Waals surface area contributed by atoms with Gasteiger partial charge in [0.05, 0.1) is 18.7 Å². The molecule has 2 fully saturated rings. The van der Waals surface area contributed by atoms with Crippen molar-refractivity contribution in [2.45, 2.75) is 58.3 Å². The summed E-state index contributed by atoms with van der Waals surface area (Å²) in [6.07, 6.45) is 10.2. The number of aryl methyl sites for hydroxylation is 1. The Hall–Kier alpha value is -2.41. The summed E-state index contributed by atoms with van der Waals surface area (Å²) in [5.74, 6) is 4.39. The molecule has 0 atom stereocenters. The number of hydrogen-bond donors (Lipinski definition) is 0. The molecule has 7 nitrogen and oxygen atoms in total. The number of pyridine rings is 1. The molecule has 5 rings (SSSR count). The number of piperazine rings is 1. The van der Waals surface area contributed by atoms with Crippen molar-refractivity contribution in [3.63, 3.8) is 0 Å². The highest BCUT2D eigenvalue weighted by molar-refractivity contribution is 5.80. The Balaban J connectivity index is 0.997. The predicted molar refractivity (Wildman–Crippen MR) is 127 cm³/mol. The first-order chi connectivity index (χ1) is 16.1. The molecule has 0 unspecified atom stereocenters. The van der Waals surface area contributed by atoms with Gasteiger partial charge in [0.15, 0.2) is 11.6 Å². The standard InChI is InChI=1S/C26H36N4O3/c1-19-16-24(33-28-19)18-23(31)17-21-4-2-20(3-5-21)7-10-29-11-13-30(14-12-29)26-25-22(6-9-27-26)8-15-32-25/h6,9,16,20-21H,2-5,7-8,10-15,17-18H2,1H3. The molecule has 0 amide bonds. The third-order valence-electron chi connectivity index (χ3n) is 7.64. The lowest BCUT2D eigenvalue weighted by molar-refractivity contribution is -0.119. The van der Waals surface area contributed by atoms with Crippen molar-refractivity contribution in [2.75, 3.05) is 44.2 Å². The predicted octanol–water partition coefficient (Wildman–Crippen LogP) is 3.83. The van der Waals surface area contributed by atoms with Crippen LogP contribution in [0.1, 0.15) is 55.5 Å². The van der Waals surface area contributed by atoms with Gasteiger partial charge in [-0.25, -0.2) is 4.98 Å². The van der Waals surface area contributed by atoms with Gasteiger partial charge in [0, 0.05) is 56.8 Å². The number of anilines is 1. The second-order valence-electron chi connectivity index (χ2n) is 10.1. The van der Waals surface area contributed by atoms with Crippen molar-refractivity contribution < 1.29 is 14.1 Å². The van der Waals surface area contributed by atoms with Crippen molar-refractivity contribution >= 4 is 11.6 Å². The second-order valence-corrected chi connectivity index (χ2v) is 10.1. The SMILES string of the molecule is Cc1cc(CC(=O)CC2CCC(CCN3CCN(c4nccc5c4OCC5)CC3)CC2)on1. The Morgan fingerprint density at radius 2 is 1.91 bits per heavy atom. The van der Waals surface area contributed by atoms with E-state index in [-0.39, 0.29) is 5.78 Å². The summed E-state index contributed by atoms with van der Waals surface area (Å²) in [5.41, 5.74) is 2.14. The molecule has 7 heteroatoms. The highest BCUT2D eigenvalue weighted by atomic mass is 16.5. The molecule has 1 saturated carbocycles. The van der Waals surface area contributed by atoms with Crippen LogP contribution in [0, 0.1) is 18.8 Å². The first-order valence-corrected chi connectivity index (χ1v) is 12.7. The lowest BCUT2D eigenvalue weighted by Crippen LogP contribution is -2.47.